The van der Waals surface area contributed by atoms with Gasteiger partial charge in [0.25, 0.3) is 0 Å². The maximum absolute atomic E-state index is 10.7. The molecule has 1 aromatic heterocycles. The summed E-state index contributed by atoms with van der Waals surface area (Å²) in [5.41, 5.74) is -0.568. The van der Waals surface area contributed by atoms with E-state index >= 15 is 0 Å². The minimum absolute atomic E-state index is 0.00858. The van der Waals surface area contributed by atoms with Gasteiger partial charge in [0.05, 0.1) is 9.95 Å². The van der Waals surface area contributed by atoms with E-state index in [1.165, 1.54) is 6.20 Å². The maximum Gasteiger partial charge on any atom is 0.332 e. The van der Waals surface area contributed by atoms with Crippen LogP contribution < -0.4 is 0 Å². The number of aromatic hydroxyl groups is 1. The van der Waals surface area contributed by atoms with Gasteiger partial charge in [0.1, 0.15) is 10.5 Å². The van der Waals surface area contributed by atoms with Crippen LogP contribution in [0.4, 0.5) is 5.69 Å². The molecule has 0 bridgehead atoms. The fraction of sp³-hybridized carbons (Fsp3) is 0. The molecular weight excluding hydrogens is 255 g/mol. The standard InChI is InChI=1S/C9H4Cl2N2O3/c10-5-4-2-1-3-12-7(4)9(14)8(6(5)11)13(15)16/h1-3,14H. The third-order valence-corrected chi connectivity index (χ3v) is 2.93. The Morgan fingerprint density at radius 3 is 2.69 bits per heavy atom. The van der Waals surface area contributed by atoms with E-state index in [-0.39, 0.29) is 15.6 Å². The van der Waals surface area contributed by atoms with Crippen LogP contribution in [0.2, 0.25) is 10.0 Å². The Morgan fingerprint density at radius 1 is 1.38 bits per heavy atom. The van der Waals surface area contributed by atoms with Gasteiger partial charge in [-0.15, -0.1) is 0 Å². The molecule has 0 aliphatic heterocycles. The molecule has 0 unspecified atom stereocenters. The zero-order chi connectivity index (χ0) is 11.9. The first-order valence-electron chi connectivity index (χ1n) is 4.13. The lowest BCUT2D eigenvalue weighted by molar-refractivity contribution is -0.385. The van der Waals surface area contributed by atoms with Gasteiger partial charge in [0, 0.05) is 11.6 Å². The molecule has 1 aromatic carbocycles. The molecule has 0 fully saturated rings. The van der Waals surface area contributed by atoms with Crippen molar-refractivity contribution in [3.05, 3.63) is 38.5 Å². The first-order chi connectivity index (χ1) is 7.54. The molecule has 0 aliphatic rings. The van der Waals surface area contributed by atoms with Crippen LogP contribution in [0, 0.1) is 10.1 Å². The average molecular weight is 259 g/mol. The Labute approximate surface area is 99.4 Å². The summed E-state index contributed by atoms with van der Waals surface area (Å²) in [6.45, 7) is 0. The summed E-state index contributed by atoms with van der Waals surface area (Å²) in [4.78, 5) is 13.7. The highest BCUT2D eigenvalue weighted by molar-refractivity contribution is 6.47. The summed E-state index contributed by atoms with van der Waals surface area (Å²) in [5, 5.41) is 20.5. The molecule has 0 saturated carbocycles. The topological polar surface area (TPSA) is 76.3 Å². The van der Waals surface area contributed by atoms with E-state index in [2.05, 4.69) is 4.98 Å². The van der Waals surface area contributed by atoms with E-state index in [4.69, 9.17) is 23.2 Å². The fourth-order valence-corrected chi connectivity index (χ4v) is 1.88. The molecule has 2 rings (SSSR count). The smallest absolute Gasteiger partial charge is 0.332 e. The molecule has 82 valence electrons. The van der Waals surface area contributed by atoms with Crippen molar-refractivity contribution in [2.75, 3.05) is 0 Å². The first-order valence-corrected chi connectivity index (χ1v) is 4.88. The highest BCUT2D eigenvalue weighted by atomic mass is 35.5. The number of nitro benzene ring substituents is 1. The zero-order valence-corrected chi connectivity index (χ0v) is 9.16. The summed E-state index contributed by atoms with van der Waals surface area (Å²) in [6, 6.07) is 3.16. The van der Waals surface area contributed by atoms with Crippen LogP contribution in [0.5, 0.6) is 5.75 Å². The maximum atomic E-state index is 10.7. The summed E-state index contributed by atoms with van der Waals surface area (Å²) in [6.07, 6.45) is 1.40. The molecule has 0 spiro atoms. The number of fused-ring (bicyclic) bond motifs is 1. The van der Waals surface area contributed by atoms with Crippen molar-refractivity contribution in [2.45, 2.75) is 0 Å². The first kappa shape index (κ1) is 10.9. The number of aromatic nitrogens is 1. The number of halogens is 2. The van der Waals surface area contributed by atoms with Crippen molar-refractivity contribution >= 4 is 39.8 Å². The SMILES string of the molecule is O=[N+]([O-])c1c(Cl)c(Cl)c2cccnc2c1O. The molecular formula is C9H4Cl2N2O3. The van der Waals surface area contributed by atoms with Crippen LogP contribution in [-0.2, 0) is 0 Å². The lowest BCUT2D eigenvalue weighted by Crippen LogP contribution is -1.93. The van der Waals surface area contributed by atoms with E-state index in [0.717, 1.165) is 0 Å². The Bertz CT molecular complexity index is 601. The monoisotopic (exact) mass is 258 g/mol. The number of phenols is 1. The van der Waals surface area contributed by atoms with Gasteiger partial charge >= 0.3 is 5.69 Å². The summed E-state index contributed by atoms with van der Waals surface area (Å²) in [5.74, 6) is -0.574. The molecule has 0 atom stereocenters. The number of phenolic OH excluding ortho intramolecular Hbond substituents is 1. The second-order valence-electron chi connectivity index (χ2n) is 2.98. The zero-order valence-electron chi connectivity index (χ0n) is 7.65. The number of nitrogens with zero attached hydrogens (tertiary/aromatic N) is 2. The Kier molecular flexibility index (Phi) is 2.57. The molecule has 16 heavy (non-hydrogen) atoms. The van der Waals surface area contributed by atoms with Gasteiger partial charge in [-0.25, -0.2) is 0 Å². The van der Waals surface area contributed by atoms with Crippen molar-refractivity contribution in [3.63, 3.8) is 0 Å². The van der Waals surface area contributed by atoms with Crippen molar-refractivity contribution < 1.29 is 10.0 Å². The third kappa shape index (κ3) is 1.45. The Morgan fingerprint density at radius 2 is 2.06 bits per heavy atom. The van der Waals surface area contributed by atoms with Crippen LogP contribution >= 0.6 is 23.2 Å². The Balaban J connectivity index is 3.00. The van der Waals surface area contributed by atoms with Gasteiger partial charge in [-0.3, -0.25) is 15.1 Å². The number of nitro groups is 1. The number of benzene rings is 1. The number of hydrogen-bond acceptors (Lipinski definition) is 4. The van der Waals surface area contributed by atoms with Crippen LogP contribution in [0.25, 0.3) is 10.9 Å². The molecule has 1 heterocycles. The molecule has 0 saturated heterocycles. The van der Waals surface area contributed by atoms with Gasteiger partial charge in [0.15, 0.2) is 0 Å². The lowest BCUT2D eigenvalue weighted by atomic mass is 10.2. The van der Waals surface area contributed by atoms with Crippen molar-refractivity contribution in [2.24, 2.45) is 0 Å². The van der Waals surface area contributed by atoms with Crippen molar-refractivity contribution in [1.82, 2.24) is 4.98 Å². The lowest BCUT2D eigenvalue weighted by Gasteiger charge is -2.05. The van der Waals surface area contributed by atoms with Gasteiger partial charge < -0.3 is 5.11 Å². The van der Waals surface area contributed by atoms with E-state index in [1.807, 2.05) is 0 Å². The normalized spacial score (nSPS) is 10.6. The largest absolute Gasteiger partial charge is 0.501 e. The number of rotatable bonds is 1. The molecule has 0 amide bonds. The molecule has 5 nitrogen and oxygen atoms in total. The van der Waals surface area contributed by atoms with Crippen LogP contribution in [-0.4, -0.2) is 15.0 Å². The van der Waals surface area contributed by atoms with E-state index in [0.29, 0.717) is 5.39 Å². The van der Waals surface area contributed by atoms with E-state index in [1.54, 1.807) is 12.1 Å². The predicted octanol–water partition coefficient (Wildman–Crippen LogP) is 3.16. The van der Waals surface area contributed by atoms with Crippen LogP contribution in [0.1, 0.15) is 0 Å². The van der Waals surface area contributed by atoms with Gasteiger partial charge in [0.2, 0.25) is 5.75 Å². The third-order valence-electron chi connectivity index (χ3n) is 2.08. The molecule has 1 N–H and O–H groups in total. The summed E-state index contributed by atoms with van der Waals surface area (Å²) in [7, 11) is 0. The van der Waals surface area contributed by atoms with Crippen molar-refractivity contribution in [1.29, 1.82) is 0 Å². The molecule has 0 radical (unpaired) electrons. The van der Waals surface area contributed by atoms with E-state index < -0.39 is 16.4 Å². The van der Waals surface area contributed by atoms with Gasteiger partial charge in [-0.05, 0) is 12.1 Å². The molecule has 0 aliphatic carbocycles. The van der Waals surface area contributed by atoms with Gasteiger partial charge in [-0.2, -0.15) is 0 Å². The van der Waals surface area contributed by atoms with Gasteiger partial charge in [-0.1, -0.05) is 23.2 Å². The van der Waals surface area contributed by atoms with Crippen LogP contribution in [0.15, 0.2) is 18.3 Å². The minimum atomic E-state index is -0.794. The second kappa shape index (κ2) is 3.77. The van der Waals surface area contributed by atoms with Crippen LogP contribution in [0.3, 0.4) is 0 Å². The average Bonchev–Trinajstić information content (AvgIpc) is 2.26. The fourth-order valence-electron chi connectivity index (χ4n) is 1.38. The van der Waals surface area contributed by atoms with E-state index in [9.17, 15) is 15.2 Å². The number of pyridine rings is 1. The summed E-state index contributed by atoms with van der Waals surface area (Å²) < 4.78 is 0. The quantitative estimate of drug-likeness (QED) is 0.630. The van der Waals surface area contributed by atoms with Crippen molar-refractivity contribution in [3.8, 4) is 5.75 Å². The Hall–Kier alpha value is -1.59. The highest BCUT2D eigenvalue weighted by Crippen LogP contribution is 2.44. The second-order valence-corrected chi connectivity index (χ2v) is 3.74. The molecule has 2 aromatic rings. The highest BCUT2D eigenvalue weighted by Gasteiger charge is 2.26. The predicted molar refractivity (Wildman–Crippen MR) is 60.1 cm³/mol. The molecule has 7 heteroatoms. The summed E-state index contributed by atoms with van der Waals surface area (Å²) >= 11 is 11.6. The minimum Gasteiger partial charge on any atom is -0.501 e. The number of hydrogen-bond donors (Lipinski definition) is 1.